The number of hydrogen-bond donors (Lipinski definition) is 1. The van der Waals surface area contributed by atoms with Crippen LogP contribution in [-0.2, 0) is 8.53 Å². The van der Waals surface area contributed by atoms with Crippen LogP contribution in [0.1, 0.15) is 32.5 Å². The third-order valence-electron chi connectivity index (χ3n) is 5.23. The Morgan fingerprint density at radius 1 is 1.10 bits per heavy atom. The largest absolute Gasteiger partial charge is 0.378 e. The van der Waals surface area contributed by atoms with Crippen LogP contribution in [0.4, 0.5) is 5.82 Å². The van der Waals surface area contributed by atoms with Crippen molar-refractivity contribution in [2.24, 2.45) is 10.5 Å². The Balaban J connectivity index is 1.67. The van der Waals surface area contributed by atoms with Gasteiger partial charge in [0, 0.05) is 24.2 Å². The molecule has 0 radical (unpaired) electrons. The molecule has 2 heterocycles. The van der Waals surface area contributed by atoms with E-state index in [1.54, 1.807) is 0 Å². The van der Waals surface area contributed by atoms with E-state index in [-0.39, 0.29) is 11.2 Å². The molecule has 1 aromatic carbocycles. The Morgan fingerprint density at radius 3 is 2.57 bits per heavy atom. The molecule has 1 fully saturated rings. The number of alkyl halides is 3. The number of nitrogens with zero attached hydrogens (tertiary/aromatic N) is 4. The number of halogens is 3. The molecule has 4 rings (SSSR count). The predicted octanol–water partition coefficient (Wildman–Crippen LogP) is 5.26. The molecule has 2 aliphatic rings. The first-order valence-corrected chi connectivity index (χ1v) is 11.0. The van der Waals surface area contributed by atoms with Crippen LogP contribution in [0.25, 0.3) is 10.9 Å². The lowest BCUT2D eigenvalue weighted by Gasteiger charge is -2.38. The van der Waals surface area contributed by atoms with Gasteiger partial charge in [-0.1, -0.05) is 60.8 Å². The molecule has 30 heavy (non-hydrogen) atoms. The predicted molar refractivity (Wildman–Crippen MR) is 123 cm³/mol. The van der Waals surface area contributed by atoms with Crippen molar-refractivity contribution in [2.75, 3.05) is 31.7 Å². The molecule has 9 heteroatoms. The molecule has 1 aromatic heterocycles. The number of fused-ring (bicyclic) bond motifs is 1. The van der Waals surface area contributed by atoms with Gasteiger partial charge in [-0.2, -0.15) is 5.10 Å². The number of morpholine rings is 1. The Labute approximate surface area is 191 Å². The zero-order valence-corrected chi connectivity index (χ0v) is 19.2. The maximum atomic E-state index is 6.04. The fourth-order valence-corrected chi connectivity index (χ4v) is 4.13. The van der Waals surface area contributed by atoms with Gasteiger partial charge in [-0.3, -0.25) is 5.43 Å². The zero-order chi connectivity index (χ0) is 21.4. The summed E-state index contributed by atoms with van der Waals surface area (Å²) >= 11 is 18.1. The Morgan fingerprint density at radius 2 is 1.83 bits per heavy atom. The highest BCUT2D eigenvalue weighted by atomic mass is 35.6. The van der Waals surface area contributed by atoms with E-state index in [1.165, 1.54) is 5.70 Å². The number of nitrogens with one attached hydrogen (secondary N) is 1. The van der Waals surface area contributed by atoms with E-state index in [1.807, 2.05) is 24.3 Å². The number of anilines is 1. The second-order valence-corrected chi connectivity index (χ2v) is 10.7. The van der Waals surface area contributed by atoms with Crippen LogP contribution in [0.2, 0.25) is 0 Å². The lowest BCUT2D eigenvalue weighted by Crippen LogP contribution is -2.39. The molecular formula is C21H24Cl3N5O. The zero-order valence-electron chi connectivity index (χ0n) is 17.0. The summed E-state index contributed by atoms with van der Waals surface area (Å²) in [5, 5.41) is 5.49. The van der Waals surface area contributed by atoms with Gasteiger partial charge in [0.15, 0.2) is 11.6 Å². The number of aromatic nitrogens is 2. The van der Waals surface area contributed by atoms with Crippen LogP contribution in [-0.4, -0.2) is 46.9 Å². The van der Waals surface area contributed by atoms with Gasteiger partial charge in [-0.05, 0) is 36.5 Å². The number of rotatable bonds is 3. The van der Waals surface area contributed by atoms with Gasteiger partial charge in [-0.25, -0.2) is 9.97 Å². The van der Waals surface area contributed by atoms with E-state index in [4.69, 9.17) is 39.5 Å². The second kappa shape index (κ2) is 8.50. The van der Waals surface area contributed by atoms with Crippen molar-refractivity contribution in [2.45, 2.75) is 30.5 Å². The topological polar surface area (TPSA) is 62.6 Å². The van der Waals surface area contributed by atoms with Crippen molar-refractivity contribution in [1.82, 2.24) is 14.9 Å². The average molecular weight is 469 g/mol. The van der Waals surface area contributed by atoms with Crippen molar-refractivity contribution in [1.29, 1.82) is 0 Å². The van der Waals surface area contributed by atoms with Crippen molar-refractivity contribution < 1.29 is 4.74 Å². The standard InChI is InChI=1S/C21H24Cl3N5O/c1-20(2)12-14(11-15(13-20)29-7-9-30-10-8-29)27-28-18-16-5-3-4-6-17(16)25-19(26-18)21(22,23)24/h3-6,11H,7-10,12-13H2,1-2H3,(H,25,26,28). The molecule has 1 saturated heterocycles. The lowest BCUT2D eigenvalue weighted by atomic mass is 9.78. The molecule has 0 amide bonds. The number of hydrazone groups is 1. The van der Waals surface area contributed by atoms with E-state index >= 15 is 0 Å². The molecular weight excluding hydrogens is 445 g/mol. The van der Waals surface area contributed by atoms with E-state index in [9.17, 15) is 0 Å². The number of allylic oxidation sites excluding steroid dienone is 2. The van der Waals surface area contributed by atoms with Crippen LogP contribution < -0.4 is 5.43 Å². The molecule has 1 aliphatic carbocycles. The van der Waals surface area contributed by atoms with Gasteiger partial charge in [0.05, 0.1) is 24.4 Å². The summed E-state index contributed by atoms with van der Waals surface area (Å²) in [5.41, 5.74) is 6.16. The Bertz CT molecular complexity index is 994. The molecule has 6 nitrogen and oxygen atoms in total. The first-order valence-electron chi connectivity index (χ1n) is 9.91. The molecule has 160 valence electrons. The molecule has 0 bridgehead atoms. The molecule has 0 unspecified atom stereocenters. The highest BCUT2D eigenvalue weighted by Crippen LogP contribution is 2.38. The molecule has 1 N–H and O–H groups in total. The number of hydrogen-bond acceptors (Lipinski definition) is 6. The van der Waals surface area contributed by atoms with E-state index in [2.05, 4.69) is 45.3 Å². The van der Waals surface area contributed by atoms with Gasteiger partial charge in [0.1, 0.15) is 0 Å². The minimum absolute atomic E-state index is 0.110. The van der Waals surface area contributed by atoms with Crippen LogP contribution in [0.5, 0.6) is 0 Å². The number of para-hydroxylation sites is 1. The Kier molecular flexibility index (Phi) is 6.13. The van der Waals surface area contributed by atoms with E-state index in [0.29, 0.717) is 11.3 Å². The number of benzene rings is 1. The smallest absolute Gasteiger partial charge is 0.250 e. The number of ether oxygens (including phenoxy) is 1. The summed E-state index contributed by atoms with van der Waals surface area (Å²) in [6.45, 7) is 7.86. The van der Waals surface area contributed by atoms with Gasteiger partial charge in [-0.15, -0.1) is 0 Å². The quantitative estimate of drug-likeness (QED) is 0.492. The van der Waals surface area contributed by atoms with Crippen molar-refractivity contribution in [3.63, 3.8) is 0 Å². The maximum absolute atomic E-state index is 6.04. The fraction of sp³-hybridized carbons (Fsp3) is 0.476. The van der Waals surface area contributed by atoms with Gasteiger partial charge < -0.3 is 9.64 Å². The SMILES string of the molecule is CC1(C)CC(N2CCOCC2)=CC(=NNc2nc(C(Cl)(Cl)Cl)nc3ccccc23)C1. The highest BCUT2D eigenvalue weighted by Gasteiger charge is 2.30. The summed E-state index contributed by atoms with van der Waals surface area (Å²) in [6.07, 6.45) is 4.04. The molecule has 0 spiro atoms. The van der Waals surface area contributed by atoms with Crippen molar-refractivity contribution in [3.05, 3.63) is 41.9 Å². The minimum atomic E-state index is -1.72. The first kappa shape index (κ1) is 21.6. The van der Waals surface area contributed by atoms with Crippen LogP contribution in [0, 0.1) is 5.41 Å². The second-order valence-electron chi connectivity index (χ2n) is 8.38. The van der Waals surface area contributed by atoms with Crippen molar-refractivity contribution >= 4 is 57.2 Å². The first-order chi connectivity index (χ1) is 14.2. The summed E-state index contributed by atoms with van der Waals surface area (Å²) in [4.78, 5) is 11.2. The van der Waals surface area contributed by atoms with Gasteiger partial charge >= 0.3 is 0 Å². The summed E-state index contributed by atoms with van der Waals surface area (Å²) < 4.78 is 3.78. The third-order valence-corrected chi connectivity index (χ3v) is 5.74. The summed E-state index contributed by atoms with van der Waals surface area (Å²) in [6, 6.07) is 7.57. The van der Waals surface area contributed by atoms with Crippen LogP contribution >= 0.6 is 34.8 Å². The monoisotopic (exact) mass is 467 g/mol. The lowest BCUT2D eigenvalue weighted by molar-refractivity contribution is 0.0491. The van der Waals surface area contributed by atoms with Gasteiger partial charge in [0.25, 0.3) is 0 Å². The third kappa shape index (κ3) is 4.99. The summed E-state index contributed by atoms with van der Waals surface area (Å²) in [7, 11) is 0. The van der Waals surface area contributed by atoms with Crippen LogP contribution in [0.15, 0.2) is 41.1 Å². The minimum Gasteiger partial charge on any atom is -0.378 e. The molecule has 2 aromatic rings. The fourth-order valence-electron chi connectivity index (χ4n) is 3.88. The van der Waals surface area contributed by atoms with E-state index in [0.717, 1.165) is 50.2 Å². The molecule has 1 aliphatic heterocycles. The Hall–Kier alpha value is -1.60. The van der Waals surface area contributed by atoms with Crippen LogP contribution in [0.3, 0.4) is 0 Å². The molecule has 0 saturated carbocycles. The maximum Gasteiger partial charge on any atom is 0.250 e. The normalized spacial score (nSPS) is 21.0. The highest BCUT2D eigenvalue weighted by molar-refractivity contribution is 6.66. The average Bonchev–Trinajstić information content (AvgIpc) is 2.70. The summed E-state index contributed by atoms with van der Waals surface area (Å²) in [5.74, 6) is 0.626. The van der Waals surface area contributed by atoms with Crippen molar-refractivity contribution in [3.8, 4) is 0 Å². The van der Waals surface area contributed by atoms with E-state index < -0.39 is 3.79 Å². The molecule has 0 atom stereocenters. The van der Waals surface area contributed by atoms with Gasteiger partial charge in [0.2, 0.25) is 3.79 Å².